The molecule has 0 bridgehead atoms. The summed E-state index contributed by atoms with van der Waals surface area (Å²) in [5, 5.41) is 1.10. The minimum atomic E-state index is -3.82. The van der Waals surface area contributed by atoms with E-state index in [4.69, 9.17) is 0 Å². The van der Waals surface area contributed by atoms with Crippen molar-refractivity contribution in [3.05, 3.63) is 39.7 Å². The Morgan fingerprint density at radius 1 is 1.35 bits per heavy atom. The molecule has 0 aromatic heterocycles. The number of amides is 2. The van der Waals surface area contributed by atoms with Crippen molar-refractivity contribution in [3.63, 3.8) is 0 Å². The molecule has 23 heavy (non-hydrogen) atoms. The van der Waals surface area contributed by atoms with Crippen LogP contribution in [0.5, 0.6) is 0 Å². The lowest BCUT2D eigenvalue weighted by molar-refractivity contribution is 0.179. The van der Waals surface area contributed by atoms with Crippen LogP contribution in [0.25, 0.3) is 5.57 Å². The highest BCUT2D eigenvalue weighted by atomic mass is 79.9. The van der Waals surface area contributed by atoms with E-state index in [-0.39, 0.29) is 0 Å². The number of sulfonamides is 1. The van der Waals surface area contributed by atoms with Crippen LogP contribution >= 0.6 is 15.9 Å². The molecule has 1 aliphatic heterocycles. The number of urea groups is 1. The number of piperidine rings is 1. The van der Waals surface area contributed by atoms with Crippen molar-refractivity contribution in [2.75, 3.05) is 13.1 Å². The van der Waals surface area contributed by atoms with Gasteiger partial charge in [0, 0.05) is 17.6 Å². The maximum Gasteiger partial charge on any atom is 0.331 e. The Morgan fingerprint density at radius 2 is 2.00 bits per heavy atom. The largest absolute Gasteiger partial charge is 0.331 e. The molecule has 2 rings (SSSR count). The van der Waals surface area contributed by atoms with E-state index < -0.39 is 16.1 Å². The molecular weight excluding hydrogens is 380 g/mol. The summed E-state index contributed by atoms with van der Waals surface area (Å²) in [6.07, 6.45) is 1.81. The molecule has 0 atom stereocenters. The van der Waals surface area contributed by atoms with E-state index in [0.717, 1.165) is 28.3 Å². The van der Waals surface area contributed by atoms with Crippen LogP contribution in [0.4, 0.5) is 4.79 Å². The molecule has 1 heterocycles. The van der Waals surface area contributed by atoms with Gasteiger partial charge in [0.15, 0.2) is 0 Å². The van der Waals surface area contributed by atoms with E-state index >= 15 is 0 Å². The normalized spacial score (nSPS) is 17.2. The molecule has 1 aliphatic rings. The molecule has 5 nitrogen and oxygen atoms in total. The van der Waals surface area contributed by atoms with Crippen LogP contribution in [-0.2, 0) is 10.0 Å². The number of hydrogen-bond donors (Lipinski definition) is 1. The Balaban J connectivity index is 2.06. The van der Waals surface area contributed by atoms with Gasteiger partial charge in [0.25, 0.3) is 10.0 Å². The summed E-state index contributed by atoms with van der Waals surface area (Å²) in [6.45, 7) is 5.03. The number of carbonyl (C=O) groups excluding carboxylic acids is 1. The molecule has 1 N–H and O–H groups in total. The number of rotatable bonds is 3. The number of carbonyl (C=O) groups is 1. The van der Waals surface area contributed by atoms with E-state index in [1.54, 1.807) is 11.8 Å². The Hall–Kier alpha value is -1.34. The summed E-state index contributed by atoms with van der Waals surface area (Å²) in [7, 11) is -3.82. The fourth-order valence-electron chi connectivity index (χ4n) is 2.46. The first-order valence-corrected chi connectivity index (χ1v) is 9.87. The van der Waals surface area contributed by atoms with Gasteiger partial charge in [0.2, 0.25) is 0 Å². The summed E-state index contributed by atoms with van der Waals surface area (Å²) >= 11 is 3.35. The molecule has 126 valence electrons. The standard InChI is InChI=1S/C16H21BrN2O3S/c1-12-6-8-19(9-7-12)16(20)18-23(21,22)11-13(2)14-4-3-5-15(17)10-14/h3-5,10-12H,6-9H2,1-2H3,(H,18,20). The number of likely N-dealkylation sites (tertiary alicyclic amines) is 1. The van der Waals surface area contributed by atoms with Gasteiger partial charge in [0.05, 0.1) is 5.41 Å². The summed E-state index contributed by atoms with van der Waals surface area (Å²) in [6, 6.07) is 6.80. The zero-order valence-electron chi connectivity index (χ0n) is 13.3. The van der Waals surface area contributed by atoms with Crippen molar-refractivity contribution in [1.82, 2.24) is 9.62 Å². The quantitative estimate of drug-likeness (QED) is 0.842. The van der Waals surface area contributed by atoms with Gasteiger partial charge in [0.1, 0.15) is 0 Å². The minimum Gasteiger partial charge on any atom is -0.324 e. The molecule has 1 saturated heterocycles. The Kier molecular flexibility index (Phi) is 5.86. The molecule has 1 aromatic carbocycles. The minimum absolute atomic E-state index is 0.546. The third kappa shape index (κ3) is 5.35. The maximum absolute atomic E-state index is 12.2. The van der Waals surface area contributed by atoms with Crippen molar-refractivity contribution in [3.8, 4) is 0 Å². The maximum atomic E-state index is 12.2. The Morgan fingerprint density at radius 3 is 2.61 bits per heavy atom. The fourth-order valence-corrected chi connectivity index (χ4v) is 3.89. The molecule has 0 spiro atoms. The highest BCUT2D eigenvalue weighted by Gasteiger charge is 2.23. The summed E-state index contributed by atoms with van der Waals surface area (Å²) in [5.41, 5.74) is 1.35. The number of hydrogen-bond acceptors (Lipinski definition) is 3. The fraction of sp³-hybridized carbons (Fsp3) is 0.438. The van der Waals surface area contributed by atoms with Crippen molar-refractivity contribution >= 4 is 37.6 Å². The third-order valence-electron chi connectivity index (χ3n) is 3.91. The van der Waals surface area contributed by atoms with Gasteiger partial charge in [-0.15, -0.1) is 0 Å². The molecule has 7 heteroatoms. The van der Waals surface area contributed by atoms with Crippen LogP contribution < -0.4 is 4.72 Å². The van der Waals surface area contributed by atoms with Crippen molar-refractivity contribution < 1.29 is 13.2 Å². The smallest absolute Gasteiger partial charge is 0.324 e. The second-order valence-corrected chi connectivity index (χ2v) is 8.38. The number of benzene rings is 1. The van der Waals surface area contributed by atoms with Gasteiger partial charge in [-0.3, -0.25) is 0 Å². The van der Waals surface area contributed by atoms with Crippen LogP contribution in [0.3, 0.4) is 0 Å². The predicted molar refractivity (Wildman–Crippen MR) is 95.2 cm³/mol. The van der Waals surface area contributed by atoms with E-state index in [0.29, 0.717) is 24.6 Å². The van der Waals surface area contributed by atoms with Crippen molar-refractivity contribution in [2.45, 2.75) is 26.7 Å². The monoisotopic (exact) mass is 400 g/mol. The van der Waals surface area contributed by atoms with Gasteiger partial charge in [-0.25, -0.2) is 17.9 Å². The summed E-state index contributed by atoms with van der Waals surface area (Å²) in [4.78, 5) is 13.6. The molecule has 1 aromatic rings. The first kappa shape index (κ1) is 18.0. The lowest BCUT2D eigenvalue weighted by Crippen LogP contribution is -2.45. The first-order valence-electron chi connectivity index (χ1n) is 7.53. The Labute approximate surface area is 145 Å². The van der Waals surface area contributed by atoms with Crippen molar-refractivity contribution in [1.29, 1.82) is 0 Å². The molecule has 2 amide bonds. The Bertz CT molecular complexity index is 708. The average Bonchev–Trinajstić information content (AvgIpc) is 2.46. The summed E-state index contributed by atoms with van der Waals surface area (Å²) < 4.78 is 27.3. The topological polar surface area (TPSA) is 66.5 Å². The molecule has 0 aliphatic carbocycles. The number of halogens is 1. The van der Waals surface area contributed by atoms with Gasteiger partial charge in [-0.1, -0.05) is 35.0 Å². The lowest BCUT2D eigenvalue weighted by atomic mass is 10.00. The lowest BCUT2D eigenvalue weighted by Gasteiger charge is -2.29. The molecule has 1 fully saturated rings. The number of nitrogens with zero attached hydrogens (tertiary/aromatic N) is 1. The second kappa shape index (κ2) is 7.49. The second-order valence-electron chi connectivity index (χ2n) is 5.93. The zero-order chi connectivity index (χ0) is 17.0. The van der Waals surface area contributed by atoms with E-state index in [2.05, 4.69) is 27.6 Å². The van der Waals surface area contributed by atoms with E-state index in [1.807, 2.05) is 24.3 Å². The van der Waals surface area contributed by atoms with Gasteiger partial charge < -0.3 is 4.90 Å². The first-order chi connectivity index (χ1) is 10.8. The van der Waals surface area contributed by atoms with Crippen LogP contribution in [0, 0.1) is 5.92 Å². The summed E-state index contributed by atoms with van der Waals surface area (Å²) in [5.74, 6) is 0.578. The van der Waals surface area contributed by atoms with E-state index in [1.165, 1.54) is 0 Å². The predicted octanol–water partition coefficient (Wildman–Crippen LogP) is 3.58. The van der Waals surface area contributed by atoms with Gasteiger partial charge in [-0.2, -0.15) is 0 Å². The van der Waals surface area contributed by atoms with Crippen LogP contribution in [0.15, 0.2) is 34.1 Å². The molecule has 0 saturated carbocycles. The molecular formula is C16H21BrN2O3S. The molecule has 0 unspecified atom stereocenters. The van der Waals surface area contributed by atoms with Gasteiger partial charge >= 0.3 is 6.03 Å². The average molecular weight is 401 g/mol. The van der Waals surface area contributed by atoms with Crippen LogP contribution in [0.1, 0.15) is 32.3 Å². The van der Waals surface area contributed by atoms with E-state index in [9.17, 15) is 13.2 Å². The third-order valence-corrected chi connectivity index (χ3v) is 5.53. The molecule has 0 radical (unpaired) electrons. The highest BCUT2D eigenvalue weighted by Crippen LogP contribution is 2.20. The van der Waals surface area contributed by atoms with Gasteiger partial charge in [-0.05, 0) is 49.0 Å². The SMILES string of the molecule is CC(=CS(=O)(=O)NC(=O)N1CCC(C)CC1)c1cccc(Br)c1. The number of allylic oxidation sites excluding steroid dienone is 1. The highest BCUT2D eigenvalue weighted by molar-refractivity contribution is 9.10. The van der Waals surface area contributed by atoms with Crippen molar-refractivity contribution in [2.24, 2.45) is 5.92 Å². The number of nitrogens with one attached hydrogen (secondary N) is 1. The zero-order valence-corrected chi connectivity index (χ0v) is 15.7. The van der Waals surface area contributed by atoms with Crippen LogP contribution in [-0.4, -0.2) is 32.4 Å². The van der Waals surface area contributed by atoms with Crippen LogP contribution in [0.2, 0.25) is 0 Å².